The fourth-order valence-corrected chi connectivity index (χ4v) is 3.24. The van der Waals surface area contributed by atoms with Crippen LogP contribution in [-0.4, -0.2) is 24.6 Å². The van der Waals surface area contributed by atoms with E-state index in [-0.39, 0.29) is 12.1 Å². The lowest BCUT2D eigenvalue weighted by Gasteiger charge is -2.14. The minimum absolute atomic E-state index is 0.280. The second-order valence-corrected chi connectivity index (χ2v) is 6.58. The van der Waals surface area contributed by atoms with Gasteiger partial charge in [0, 0.05) is 19.8 Å². The zero-order valence-electron chi connectivity index (χ0n) is 15.5. The van der Waals surface area contributed by atoms with Crippen molar-refractivity contribution < 1.29 is 4.79 Å². The van der Waals surface area contributed by atoms with Crippen molar-refractivity contribution in [1.29, 1.82) is 0 Å². The van der Waals surface area contributed by atoms with Crippen molar-refractivity contribution in [3.05, 3.63) is 56.0 Å². The maximum atomic E-state index is 12.7. The van der Waals surface area contributed by atoms with Crippen LogP contribution in [0.2, 0.25) is 0 Å². The van der Waals surface area contributed by atoms with Gasteiger partial charge in [-0.25, -0.2) is 14.3 Å². The summed E-state index contributed by atoms with van der Waals surface area (Å²) >= 11 is 0. The van der Waals surface area contributed by atoms with Crippen molar-refractivity contribution in [2.24, 2.45) is 14.1 Å². The largest absolute Gasteiger partial charge is 0.332 e. The number of hydrogen-bond acceptors (Lipinski definition) is 4. The molecule has 1 N–H and O–H groups in total. The molecular formula is C18H21N5O3. The molecule has 1 aromatic carbocycles. The molecule has 3 aromatic rings. The van der Waals surface area contributed by atoms with Crippen LogP contribution < -0.4 is 16.6 Å². The third-order valence-corrected chi connectivity index (χ3v) is 4.44. The third-order valence-electron chi connectivity index (χ3n) is 4.44. The molecule has 2 aromatic heterocycles. The summed E-state index contributed by atoms with van der Waals surface area (Å²) in [5.41, 5.74) is 3.13. The number of aromatic nitrogens is 4. The molecule has 0 saturated carbocycles. The SMILES string of the molecule is Cc1cc(C)c(NC(=O)Cn2c(=O)c3c(ncn3C)n(C)c2=O)c(C)c1. The molecule has 8 nitrogen and oxygen atoms in total. The van der Waals surface area contributed by atoms with Crippen LogP contribution in [0.1, 0.15) is 16.7 Å². The molecule has 2 heterocycles. The van der Waals surface area contributed by atoms with E-state index < -0.39 is 17.2 Å². The molecule has 26 heavy (non-hydrogen) atoms. The number of nitrogens with zero attached hydrogens (tertiary/aromatic N) is 4. The first-order valence-electron chi connectivity index (χ1n) is 8.19. The Hall–Kier alpha value is -3.16. The van der Waals surface area contributed by atoms with Gasteiger partial charge in [-0.05, 0) is 31.9 Å². The monoisotopic (exact) mass is 355 g/mol. The number of nitrogens with one attached hydrogen (secondary N) is 1. The Kier molecular flexibility index (Phi) is 4.27. The number of carbonyl (C=O) groups excluding carboxylic acids is 1. The highest BCUT2D eigenvalue weighted by Gasteiger charge is 2.17. The van der Waals surface area contributed by atoms with E-state index in [4.69, 9.17) is 0 Å². The smallest absolute Gasteiger partial charge is 0.328 e. The van der Waals surface area contributed by atoms with Crippen LogP contribution in [0.5, 0.6) is 0 Å². The zero-order valence-corrected chi connectivity index (χ0v) is 15.5. The molecule has 0 fully saturated rings. The van der Waals surface area contributed by atoms with Crippen LogP contribution in [-0.2, 0) is 25.4 Å². The van der Waals surface area contributed by atoms with E-state index in [1.165, 1.54) is 17.9 Å². The molecule has 0 spiro atoms. The van der Waals surface area contributed by atoms with E-state index >= 15 is 0 Å². The highest BCUT2D eigenvalue weighted by Crippen LogP contribution is 2.21. The molecule has 0 aliphatic carbocycles. The summed E-state index contributed by atoms with van der Waals surface area (Å²) in [6.07, 6.45) is 1.47. The molecule has 1 amide bonds. The summed E-state index contributed by atoms with van der Waals surface area (Å²) in [6.45, 7) is 5.43. The van der Waals surface area contributed by atoms with E-state index in [0.717, 1.165) is 21.3 Å². The van der Waals surface area contributed by atoms with Gasteiger partial charge in [-0.15, -0.1) is 0 Å². The minimum Gasteiger partial charge on any atom is -0.328 e. The second-order valence-electron chi connectivity index (χ2n) is 6.58. The van der Waals surface area contributed by atoms with Crippen molar-refractivity contribution in [1.82, 2.24) is 18.7 Å². The van der Waals surface area contributed by atoms with E-state index in [1.807, 2.05) is 32.9 Å². The fourth-order valence-electron chi connectivity index (χ4n) is 3.24. The van der Waals surface area contributed by atoms with Gasteiger partial charge in [0.25, 0.3) is 5.56 Å². The molecule has 0 aliphatic heterocycles. The van der Waals surface area contributed by atoms with Crippen LogP contribution in [0.3, 0.4) is 0 Å². The number of imidazole rings is 1. The van der Waals surface area contributed by atoms with Crippen molar-refractivity contribution in [3.63, 3.8) is 0 Å². The van der Waals surface area contributed by atoms with E-state index in [9.17, 15) is 14.4 Å². The summed E-state index contributed by atoms with van der Waals surface area (Å²) < 4.78 is 3.74. The number of fused-ring (bicyclic) bond motifs is 1. The van der Waals surface area contributed by atoms with Gasteiger partial charge in [-0.2, -0.15) is 0 Å². The quantitative estimate of drug-likeness (QED) is 0.759. The number of hydrogen-bond donors (Lipinski definition) is 1. The Labute approximate surface area is 149 Å². The normalized spacial score (nSPS) is 11.1. The zero-order chi connectivity index (χ0) is 19.2. The summed E-state index contributed by atoms with van der Waals surface area (Å²) in [4.78, 5) is 41.7. The molecular weight excluding hydrogens is 334 g/mol. The van der Waals surface area contributed by atoms with Gasteiger partial charge in [0.15, 0.2) is 11.2 Å². The van der Waals surface area contributed by atoms with Crippen LogP contribution in [0.4, 0.5) is 5.69 Å². The lowest BCUT2D eigenvalue weighted by Crippen LogP contribution is -2.42. The maximum Gasteiger partial charge on any atom is 0.332 e. The Morgan fingerprint density at radius 1 is 1.12 bits per heavy atom. The second kappa shape index (κ2) is 6.29. The van der Waals surface area contributed by atoms with Gasteiger partial charge in [0.05, 0.1) is 6.33 Å². The van der Waals surface area contributed by atoms with Crippen molar-refractivity contribution in [3.8, 4) is 0 Å². The summed E-state index contributed by atoms with van der Waals surface area (Å²) in [5.74, 6) is -0.430. The highest BCUT2D eigenvalue weighted by atomic mass is 16.2. The molecule has 0 radical (unpaired) electrons. The average Bonchev–Trinajstić information content (AvgIpc) is 2.95. The topological polar surface area (TPSA) is 90.9 Å². The first-order valence-corrected chi connectivity index (χ1v) is 8.19. The predicted octanol–water partition coefficient (Wildman–Crippen LogP) is 0.998. The molecule has 3 rings (SSSR count). The van der Waals surface area contributed by atoms with Crippen LogP contribution in [0.15, 0.2) is 28.0 Å². The van der Waals surface area contributed by atoms with Gasteiger partial charge in [-0.1, -0.05) is 17.7 Å². The number of rotatable bonds is 3. The lowest BCUT2D eigenvalue weighted by molar-refractivity contribution is -0.116. The number of amides is 1. The first kappa shape index (κ1) is 17.7. The van der Waals surface area contributed by atoms with E-state index in [1.54, 1.807) is 11.6 Å². The Morgan fingerprint density at radius 2 is 1.73 bits per heavy atom. The number of aryl methyl sites for hydroxylation is 5. The standard InChI is InChI=1S/C18H21N5O3/c1-10-6-11(2)14(12(3)7-10)20-13(24)8-23-17(25)15-16(19-9-21(15)4)22(5)18(23)26/h6-7,9H,8H2,1-5H3,(H,20,24). The first-order chi connectivity index (χ1) is 12.2. The Bertz CT molecular complexity index is 1130. The molecule has 8 heteroatoms. The van der Waals surface area contributed by atoms with Crippen molar-refractivity contribution >= 4 is 22.8 Å². The van der Waals surface area contributed by atoms with Crippen LogP contribution in [0.25, 0.3) is 11.2 Å². The van der Waals surface area contributed by atoms with Gasteiger partial charge < -0.3 is 9.88 Å². The Morgan fingerprint density at radius 3 is 2.35 bits per heavy atom. The Balaban J connectivity index is 2.00. The van der Waals surface area contributed by atoms with E-state index in [0.29, 0.717) is 11.3 Å². The molecule has 0 saturated heterocycles. The van der Waals surface area contributed by atoms with Gasteiger partial charge in [-0.3, -0.25) is 14.2 Å². The summed E-state index contributed by atoms with van der Waals surface area (Å²) in [7, 11) is 3.20. The molecule has 0 aliphatic rings. The minimum atomic E-state index is -0.575. The molecule has 0 atom stereocenters. The fraction of sp³-hybridized carbons (Fsp3) is 0.333. The summed E-state index contributed by atoms with van der Waals surface area (Å²) in [6, 6.07) is 3.94. The predicted molar refractivity (Wildman–Crippen MR) is 99.5 cm³/mol. The van der Waals surface area contributed by atoms with Crippen LogP contribution in [0, 0.1) is 20.8 Å². The van der Waals surface area contributed by atoms with Gasteiger partial charge in [0.1, 0.15) is 6.54 Å². The number of benzene rings is 1. The highest BCUT2D eigenvalue weighted by molar-refractivity contribution is 5.92. The van der Waals surface area contributed by atoms with Crippen LogP contribution >= 0.6 is 0 Å². The van der Waals surface area contributed by atoms with E-state index in [2.05, 4.69) is 10.3 Å². The van der Waals surface area contributed by atoms with Gasteiger partial charge >= 0.3 is 5.69 Å². The number of anilines is 1. The molecule has 136 valence electrons. The molecule has 0 unspecified atom stereocenters. The maximum absolute atomic E-state index is 12.7. The molecule has 0 bridgehead atoms. The van der Waals surface area contributed by atoms with Crippen molar-refractivity contribution in [2.45, 2.75) is 27.3 Å². The van der Waals surface area contributed by atoms with Crippen molar-refractivity contribution in [2.75, 3.05) is 5.32 Å². The van der Waals surface area contributed by atoms with Gasteiger partial charge in [0.2, 0.25) is 5.91 Å². The number of carbonyl (C=O) groups is 1. The third kappa shape index (κ3) is 2.83. The lowest BCUT2D eigenvalue weighted by atomic mass is 10.1. The summed E-state index contributed by atoms with van der Waals surface area (Å²) in [5, 5.41) is 2.82. The average molecular weight is 355 g/mol.